The van der Waals surface area contributed by atoms with Crippen LogP contribution in [0.1, 0.15) is 40.5 Å². The van der Waals surface area contributed by atoms with Crippen molar-refractivity contribution in [3.8, 4) is 0 Å². The Hall–Kier alpha value is -0.0400. The number of rotatable bonds is 2. The lowest BCUT2D eigenvalue weighted by Crippen LogP contribution is -2.44. The third-order valence-electron chi connectivity index (χ3n) is 3.34. The maximum atomic E-state index is 2.64. The van der Waals surface area contributed by atoms with Crippen molar-refractivity contribution in [2.75, 3.05) is 13.1 Å². The van der Waals surface area contributed by atoms with E-state index in [1.54, 1.807) is 0 Å². The third kappa shape index (κ3) is 2.22. The first-order valence-corrected chi connectivity index (χ1v) is 5.39. The molecule has 0 aromatic carbocycles. The molecule has 0 aromatic heterocycles. The van der Waals surface area contributed by atoms with Crippen LogP contribution >= 0.6 is 0 Å². The lowest BCUT2D eigenvalue weighted by Gasteiger charge is -2.40. The second-order valence-electron chi connectivity index (χ2n) is 4.53. The van der Waals surface area contributed by atoms with Gasteiger partial charge in [0.1, 0.15) is 0 Å². The number of hydrogen-bond acceptors (Lipinski definition) is 1. The Morgan fingerprint density at radius 2 is 1.83 bits per heavy atom. The maximum absolute atomic E-state index is 2.64. The molecule has 1 fully saturated rings. The molecule has 0 amide bonds. The maximum Gasteiger partial charge on any atom is 0.00696 e. The van der Waals surface area contributed by atoms with Crippen LogP contribution < -0.4 is 0 Å². The molecule has 1 rings (SSSR count). The zero-order valence-corrected chi connectivity index (χ0v) is 9.01. The molecule has 0 radical (unpaired) electrons. The largest absolute Gasteiger partial charge is 0.300 e. The van der Waals surface area contributed by atoms with E-state index in [9.17, 15) is 0 Å². The Morgan fingerprint density at radius 1 is 1.17 bits per heavy atom. The minimum atomic E-state index is 0.816. The van der Waals surface area contributed by atoms with Gasteiger partial charge < -0.3 is 4.90 Å². The summed E-state index contributed by atoms with van der Waals surface area (Å²) in [6.07, 6.45) is 2.69. The second-order valence-corrected chi connectivity index (χ2v) is 4.53. The van der Waals surface area contributed by atoms with Crippen molar-refractivity contribution >= 4 is 0 Å². The molecule has 0 saturated carbocycles. The minimum absolute atomic E-state index is 0.816. The molecule has 12 heavy (non-hydrogen) atoms. The highest BCUT2D eigenvalue weighted by molar-refractivity contribution is 4.80. The van der Waals surface area contributed by atoms with Crippen LogP contribution in [0.4, 0.5) is 0 Å². The standard InChI is InChI=1S/C11H23N/c1-5-6-12-8-10(3)9(2)7-11(12)4/h9-11H,5-8H2,1-4H3/t9?,10-,11-/m0/s1. The summed E-state index contributed by atoms with van der Waals surface area (Å²) in [6.45, 7) is 12.0. The van der Waals surface area contributed by atoms with E-state index in [0.29, 0.717) is 0 Å². The quantitative estimate of drug-likeness (QED) is 0.614. The van der Waals surface area contributed by atoms with Crippen LogP contribution in [0, 0.1) is 11.8 Å². The van der Waals surface area contributed by atoms with Gasteiger partial charge in [-0.2, -0.15) is 0 Å². The Labute approximate surface area is 77.1 Å². The van der Waals surface area contributed by atoms with Gasteiger partial charge in [0.05, 0.1) is 0 Å². The van der Waals surface area contributed by atoms with Gasteiger partial charge in [-0.05, 0) is 38.1 Å². The molecule has 1 aliphatic heterocycles. The first-order valence-electron chi connectivity index (χ1n) is 5.39. The minimum Gasteiger partial charge on any atom is -0.300 e. The predicted octanol–water partition coefficient (Wildman–Crippen LogP) is 2.76. The molecule has 1 heteroatoms. The number of likely N-dealkylation sites (tertiary alicyclic amines) is 1. The van der Waals surface area contributed by atoms with Gasteiger partial charge in [0.2, 0.25) is 0 Å². The van der Waals surface area contributed by atoms with E-state index in [4.69, 9.17) is 0 Å². The number of hydrogen-bond donors (Lipinski definition) is 0. The average Bonchev–Trinajstić information content (AvgIpc) is 2.01. The van der Waals surface area contributed by atoms with Gasteiger partial charge >= 0.3 is 0 Å². The predicted molar refractivity (Wildman–Crippen MR) is 54.3 cm³/mol. The molecule has 1 saturated heterocycles. The molecule has 0 aromatic rings. The summed E-state index contributed by atoms with van der Waals surface area (Å²) >= 11 is 0. The zero-order valence-electron chi connectivity index (χ0n) is 9.01. The monoisotopic (exact) mass is 169 g/mol. The fourth-order valence-corrected chi connectivity index (χ4v) is 2.25. The van der Waals surface area contributed by atoms with Crippen molar-refractivity contribution in [1.82, 2.24) is 4.90 Å². The fraction of sp³-hybridized carbons (Fsp3) is 1.00. The lowest BCUT2D eigenvalue weighted by atomic mass is 9.85. The number of nitrogens with zero attached hydrogens (tertiary/aromatic N) is 1. The van der Waals surface area contributed by atoms with Crippen LogP contribution in [0.2, 0.25) is 0 Å². The summed E-state index contributed by atoms with van der Waals surface area (Å²) in [6, 6.07) is 0.816. The molecule has 72 valence electrons. The highest BCUT2D eigenvalue weighted by Gasteiger charge is 2.27. The summed E-state index contributed by atoms with van der Waals surface area (Å²) in [5, 5.41) is 0. The van der Waals surface area contributed by atoms with E-state index in [2.05, 4.69) is 32.6 Å². The molecule has 1 nitrogen and oxygen atoms in total. The summed E-state index contributed by atoms with van der Waals surface area (Å²) < 4.78 is 0. The van der Waals surface area contributed by atoms with Crippen LogP contribution in [0.15, 0.2) is 0 Å². The summed E-state index contributed by atoms with van der Waals surface area (Å²) in [4.78, 5) is 2.64. The molecule has 1 aliphatic rings. The first kappa shape index (κ1) is 10.0. The van der Waals surface area contributed by atoms with Gasteiger partial charge in [0, 0.05) is 12.6 Å². The number of piperidine rings is 1. The molecule has 1 unspecified atom stereocenters. The Kier molecular flexibility index (Phi) is 3.57. The molecular weight excluding hydrogens is 146 g/mol. The molecule has 3 atom stereocenters. The van der Waals surface area contributed by atoms with Crippen LogP contribution in [0.5, 0.6) is 0 Å². The van der Waals surface area contributed by atoms with Gasteiger partial charge in [-0.3, -0.25) is 0 Å². The van der Waals surface area contributed by atoms with E-state index in [1.807, 2.05) is 0 Å². The van der Waals surface area contributed by atoms with Gasteiger partial charge in [0.15, 0.2) is 0 Å². The van der Waals surface area contributed by atoms with E-state index in [1.165, 1.54) is 25.9 Å². The van der Waals surface area contributed by atoms with Crippen molar-refractivity contribution < 1.29 is 0 Å². The van der Waals surface area contributed by atoms with Gasteiger partial charge in [-0.15, -0.1) is 0 Å². The van der Waals surface area contributed by atoms with Crippen LogP contribution in [-0.4, -0.2) is 24.0 Å². The first-order chi connectivity index (χ1) is 5.65. The van der Waals surface area contributed by atoms with Gasteiger partial charge in [-0.1, -0.05) is 20.8 Å². The van der Waals surface area contributed by atoms with Crippen molar-refractivity contribution in [2.24, 2.45) is 11.8 Å². The van der Waals surface area contributed by atoms with E-state index in [-0.39, 0.29) is 0 Å². The summed E-state index contributed by atoms with van der Waals surface area (Å²) in [5.74, 6) is 1.82. The SMILES string of the molecule is CCCN1C[C@H](C)C(C)C[C@@H]1C. The summed E-state index contributed by atoms with van der Waals surface area (Å²) in [7, 11) is 0. The van der Waals surface area contributed by atoms with Crippen LogP contribution in [0.25, 0.3) is 0 Å². The highest BCUT2D eigenvalue weighted by Crippen LogP contribution is 2.26. The Bertz CT molecular complexity index is 133. The fourth-order valence-electron chi connectivity index (χ4n) is 2.25. The van der Waals surface area contributed by atoms with E-state index >= 15 is 0 Å². The Balaban J connectivity index is 2.43. The van der Waals surface area contributed by atoms with Crippen molar-refractivity contribution in [1.29, 1.82) is 0 Å². The average molecular weight is 169 g/mol. The molecule has 0 N–H and O–H groups in total. The topological polar surface area (TPSA) is 3.24 Å². The molecule has 0 aliphatic carbocycles. The highest BCUT2D eigenvalue weighted by atomic mass is 15.2. The van der Waals surface area contributed by atoms with Crippen molar-refractivity contribution in [2.45, 2.75) is 46.6 Å². The van der Waals surface area contributed by atoms with E-state index in [0.717, 1.165) is 17.9 Å². The van der Waals surface area contributed by atoms with Crippen LogP contribution in [-0.2, 0) is 0 Å². The molecule has 0 spiro atoms. The van der Waals surface area contributed by atoms with Gasteiger partial charge in [0.25, 0.3) is 0 Å². The van der Waals surface area contributed by atoms with Crippen molar-refractivity contribution in [3.05, 3.63) is 0 Å². The smallest absolute Gasteiger partial charge is 0.00696 e. The molecule has 0 bridgehead atoms. The van der Waals surface area contributed by atoms with Gasteiger partial charge in [-0.25, -0.2) is 0 Å². The third-order valence-corrected chi connectivity index (χ3v) is 3.34. The summed E-state index contributed by atoms with van der Waals surface area (Å²) in [5.41, 5.74) is 0. The van der Waals surface area contributed by atoms with E-state index < -0.39 is 0 Å². The lowest BCUT2D eigenvalue weighted by molar-refractivity contribution is 0.0863. The second kappa shape index (κ2) is 4.27. The van der Waals surface area contributed by atoms with Crippen LogP contribution in [0.3, 0.4) is 0 Å². The molecule has 1 heterocycles. The Morgan fingerprint density at radius 3 is 2.42 bits per heavy atom. The molecular formula is C11H23N. The normalized spacial score (nSPS) is 38.5. The van der Waals surface area contributed by atoms with Crippen molar-refractivity contribution in [3.63, 3.8) is 0 Å². The zero-order chi connectivity index (χ0) is 9.14.